The molecule has 2 aliphatic carbocycles. The number of aryl methyl sites for hydroxylation is 2. The van der Waals surface area contributed by atoms with Crippen LogP contribution in [0.4, 0.5) is 44.7 Å². The smallest absolute Gasteiger partial charge is 0.381 e. The standard InChI is InChI=1S/C24H29F3N2O.C23H26F2N2O2/c1-16-7-13-21(28-15-19-8-11-20(12-9-19)24(25,26)27)17(2)23(16)29-22(30)14-10-18-5-3-4-6-18;1-14-7-11-20(26-23(29)17-9-10-18(24)19(25)13-17)15(2)22(14)27-21(28)12-8-16-5-3-4-6-16/h7-9,11-13,18,28H,3-6,10,14-15H2,1-2H3,(H,29,30);7,9-11,13,16H,3-6,8,12H2,1-2H3,(H,26,29)(H,27,28). The van der Waals surface area contributed by atoms with Crippen molar-refractivity contribution in [1.29, 1.82) is 0 Å². The summed E-state index contributed by atoms with van der Waals surface area (Å²) in [4.78, 5) is 37.3. The average Bonchev–Trinajstić information content (AvgIpc) is 3.94. The Labute approximate surface area is 344 Å². The first-order chi connectivity index (χ1) is 28.1. The molecule has 0 atom stereocenters. The summed E-state index contributed by atoms with van der Waals surface area (Å²) >= 11 is 0. The van der Waals surface area contributed by atoms with Crippen LogP contribution in [0.3, 0.4) is 0 Å². The molecule has 0 unspecified atom stereocenters. The molecule has 7 nitrogen and oxygen atoms in total. The zero-order valence-corrected chi connectivity index (χ0v) is 34.3. The van der Waals surface area contributed by atoms with Crippen LogP contribution in [-0.4, -0.2) is 17.7 Å². The van der Waals surface area contributed by atoms with Crippen molar-refractivity contribution in [3.63, 3.8) is 0 Å². The number of hydrogen-bond acceptors (Lipinski definition) is 4. The number of halogens is 5. The largest absolute Gasteiger partial charge is 0.416 e. The zero-order valence-electron chi connectivity index (χ0n) is 34.3. The highest BCUT2D eigenvalue weighted by Gasteiger charge is 2.30. The third-order valence-electron chi connectivity index (χ3n) is 11.6. The van der Waals surface area contributed by atoms with Gasteiger partial charge in [0.2, 0.25) is 11.8 Å². The van der Waals surface area contributed by atoms with Crippen molar-refractivity contribution in [1.82, 2.24) is 0 Å². The molecule has 59 heavy (non-hydrogen) atoms. The molecule has 6 rings (SSSR count). The minimum absolute atomic E-state index is 0.0195. The van der Waals surface area contributed by atoms with Gasteiger partial charge >= 0.3 is 6.18 Å². The van der Waals surface area contributed by atoms with E-state index in [0.29, 0.717) is 42.6 Å². The zero-order chi connectivity index (χ0) is 42.7. The van der Waals surface area contributed by atoms with E-state index < -0.39 is 29.3 Å². The Hall–Kier alpha value is -5.26. The summed E-state index contributed by atoms with van der Waals surface area (Å²) in [5, 5.41) is 12.0. The van der Waals surface area contributed by atoms with Gasteiger partial charge in [-0.05, 0) is 123 Å². The van der Waals surface area contributed by atoms with Crippen molar-refractivity contribution in [2.45, 2.75) is 117 Å². The summed E-state index contributed by atoms with van der Waals surface area (Å²) in [6.07, 6.45) is 8.46. The maximum Gasteiger partial charge on any atom is 0.416 e. The maximum absolute atomic E-state index is 13.4. The molecule has 316 valence electrons. The number of amides is 3. The SMILES string of the molecule is Cc1ccc(NC(=O)c2ccc(F)c(F)c2)c(C)c1NC(=O)CCC1CCCC1.Cc1ccc(NCc2ccc(C(F)(F)F)cc2)c(C)c1NC(=O)CCC1CCCC1. The number of benzene rings is 4. The van der Waals surface area contributed by atoms with Gasteiger partial charge in [0.25, 0.3) is 5.91 Å². The van der Waals surface area contributed by atoms with Gasteiger partial charge in [-0.2, -0.15) is 13.2 Å². The molecule has 0 aromatic heterocycles. The van der Waals surface area contributed by atoms with Gasteiger partial charge < -0.3 is 21.3 Å². The summed E-state index contributed by atoms with van der Waals surface area (Å²) in [5.74, 6) is -1.31. The molecule has 0 aliphatic heterocycles. The van der Waals surface area contributed by atoms with Gasteiger partial charge in [-0.15, -0.1) is 0 Å². The lowest BCUT2D eigenvalue weighted by atomic mass is 10.0. The molecular weight excluding hydrogens is 764 g/mol. The van der Waals surface area contributed by atoms with Crippen LogP contribution in [0.15, 0.2) is 66.7 Å². The number of alkyl halides is 3. The Morgan fingerprint density at radius 3 is 1.59 bits per heavy atom. The van der Waals surface area contributed by atoms with Crippen LogP contribution < -0.4 is 21.3 Å². The fourth-order valence-electron chi connectivity index (χ4n) is 7.92. The van der Waals surface area contributed by atoms with E-state index in [9.17, 15) is 36.3 Å². The Morgan fingerprint density at radius 2 is 1.10 bits per heavy atom. The molecule has 0 radical (unpaired) electrons. The van der Waals surface area contributed by atoms with E-state index in [0.717, 1.165) is 76.3 Å². The van der Waals surface area contributed by atoms with E-state index in [1.165, 1.54) is 69.6 Å². The lowest BCUT2D eigenvalue weighted by Crippen LogP contribution is -2.17. The molecule has 3 amide bonds. The number of carbonyl (C=O) groups is 3. The van der Waals surface area contributed by atoms with E-state index in [2.05, 4.69) is 21.3 Å². The molecular formula is C47H55F5N4O3. The minimum atomic E-state index is -4.33. The van der Waals surface area contributed by atoms with Crippen LogP contribution in [0.25, 0.3) is 0 Å². The molecule has 12 heteroatoms. The highest BCUT2D eigenvalue weighted by molar-refractivity contribution is 6.05. The fraction of sp³-hybridized carbons (Fsp3) is 0.426. The average molecular weight is 819 g/mol. The number of hydrogen-bond donors (Lipinski definition) is 4. The fourth-order valence-corrected chi connectivity index (χ4v) is 7.92. The van der Waals surface area contributed by atoms with Gasteiger partial charge in [0, 0.05) is 47.7 Å². The van der Waals surface area contributed by atoms with Crippen molar-refractivity contribution in [3.8, 4) is 0 Å². The van der Waals surface area contributed by atoms with Gasteiger partial charge in [0.05, 0.1) is 5.56 Å². The normalized spacial score (nSPS) is 14.4. The van der Waals surface area contributed by atoms with Crippen molar-refractivity contribution in [2.75, 3.05) is 21.3 Å². The maximum atomic E-state index is 13.4. The Kier molecular flexibility index (Phi) is 15.7. The second kappa shape index (κ2) is 20.6. The van der Waals surface area contributed by atoms with Gasteiger partial charge in [-0.3, -0.25) is 14.4 Å². The second-order valence-electron chi connectivity index (χ2n) is 16.0. The highest BCUT2D eigenvalue weighted by atomic mass is 19.4. The van der Waals surface area contributed by atoms with Gasteiger partial charge in [-0.25, -0.2) is 8.78 Å². The lowest BCUT2D eigenvalue weighted by molar-refractivity contribution is -0.137. The second-order valence-corrected chi connectivity index (χ2v) is 16.0. The molecule has 0 spiro atoms. The minimum Gasteiger partial charge on any atom is -0.381 e. The molecule has 0 heterocycles. The van der Waals surface area contributed by atoms with Crippen LogP contribution in [0.5, 0.6) is 0 Å². The van der Waals surface area contributed by atoms with Gasteiger partial charge in [-0.1, -0.05) is 75.6 Å². The summed E-state index contributed by atoms with van der Waals surface area (Å²) in [6.45, 7) is 7.99. The number of nitrogens with one attached hydrogen (secondary N) is 4. The quantitative estimate of drug-likeness (QED) is 0.101. The predicted octanol–water partition coefficient (Wildman–Crippen LogP) is 12.6. The first-order valence-electron chi connectivity index (χ1n) is 20.6. The summed E-state index contributed by atoms with van der Waals surface area (Å²) in [6, 6.07) is 15.6. The molecule has 0 saturated heterocycles. The first-order valence-corrected chi connectivity index (χ1v) is 20.6. The van der Waals surface area contributed by atoms with Crippen LogP contribution in [0.2, 0.25) is 0 Å². The van der Waals surface area contributed by atoms with Crippen LogP contribution >= 0.6 is 0 Å². The summed E-state index contributed by atoms with van der Waals surface area (Å²) in [5.41, 5.74) is 6.49. The van der Waals surface area contributed by atoms with E-state index >= 15 is 0 Å². The van der Waals surface area contributed by atoms with E-state index in [4.69, 9.17) is 0 Å². The van der Waals surface area contributed by atoms with E-state index in [-0.39, 0.29) is 17.4 Å². The van der Waals surface area contributed by atoms with Crippen molar-refractivity contribution < 1.29 is 36.3 Å². The Bertz CT molecular complexity index is 2090. The number of rotatable bonds is 13. The summed E-state index contributed by atoms with van der Waals surface area (Å²) in [7, 11) is 0. The predicted molar refractivity (Wildman–Crippen MR) is 225 cm³/mol. The Morgan fingerprint density at radius 1 is 0.610 bits per heavy atom. The topological polar surface area (TPSA) is 99.3 Å². The molecule has 0 bridgehead atoms. The monoisotopic (exact) mass is 818 g/mol. The highest BCUT2D eigenvalue weighted by Crippen LogP contribution is 2.33. The van der Waals surface area contributed by atoms with Crippen molar-refractivity contribution in [2.24, 2.45) is 11.8 Å². The van der Waals surface area contributed by atoms with Crippen LogP contribution in [0, 0.1) is 51.2 Å². The van der Waals surface area contributed by atoms with Crippen LogP contribution in [0.1, 0.15) is 121 Å². The molecule has 4 N–H and O–H groups in total. The molecule has 2 fully saturated rings. The lowest BCUT2D eigenvalue weighted by Gasteiger charge is -2.17. The third-order valence-corrected chi connectivity index (χ3v) is 11.6. The van der Waals surface area contributed by atoms with Gasteiger partial charge in [0.1, 0.15) is 0 Å². The van der Waals surface area contributed by atoms with Crippen LogP contribution in [-0.2, 0) is 22.3 Å². The van der Waals surface area contributed by atoms with Crippen molar-refractivity contribution in [3.05, 3.63) is 117 Å². The van der Waals surface area contributed by atoms with Crippen molar-refractivity contribution >= 4 is 40.5 Å². The van der Waals surface area contributed by atoms with Gasteiger partial charge in [0.15, 0.2) is 11.6 Å². The molecule has 4 aromatic rings. The Balaban J connectivity index is 0.000000224. The molecule has 2 saturated carbocycles. The molecule has 2 aliphatic rings. The summed E-state index contributed by atoms with van der Waals surface area (Å²) < 4.78 is 64.6. The number of carbonyl (C=O) groups excluding carboxylic acids is 3. The first kappa shape index (κ1) is 44.8. The molecule has 4 aromatic carbocycles. The third kappa shape index (κ3) is 12.9. The van der Waals surface area contributed by atoms with E-state index in [1.807, 2.05) is 32.9 Å². The van der Waals surface area contributed by atoms with E-state index in [1.54, 1.807) is 19.1 Å². The number of anilines is 4.